The average Bonchev–Trinajstić information content (AvgIpc) is 3.12. The van der Waals surface area contributed by atoms with Crippen LogP contribution in [0.5, 0.6) is 0 Å². The summed E-state index contributed by atoms with van der Waals surface area (Å²) in [4.78, 5) is 22.8. The molecule has 20 heavy (non-hydrogen) atoms. The number of aliphatic carboxylic acids is 1. The Bertz CT molecular complexity index is 327. The summed E-state index contributed by atoms with van der Waals surface area (Å²) in [6, 6.07) is -0.427. The van der Waals surface area contributed by atoms with Crippen LogP contribution in [-0.4, -0.2) is 35.6 Å². The van der Waals surface area contributed by atoms with Crippen molar-refractivity contribution < 1.29 is 14.7 Å². The highest BCUT2D eigenvalue weighted by molar-refractivity contribution is 5.80. The molecule has 1 saturated carbocycles. The maximum atomic E-state index is 11.8. The van der Waals surface area contributed by atoms with E-state index in [0.717, 1.165) is 25.7 Å². The van der Waals surface area contributed by atoms with E-state index >= 15 is 0 Å². The fourth-order valence-electron chi connectivity index (χ4n) is 2.32. The molecular weight excluding hydrogens is 256 g/mol. The summed E-state index contributed by atoms with van der Waals surface area (Å²) >= 11 is 0. The molecular formula is C15H28N2O3. The third-order valence-corrected chi connectivity index (χ3v) is 3.67. The first kappa shape index (κ1) is 17.0. The van der Waals surface area contributed by atoms with E-state index in [-0.39, 0.29) is 24.4 Å². The van der Waals surface area contributed by atoms with Gasteiger partial charge in [0.25, 0.3) is 0 Å². The molecule has 0 radical (unpaired) electrons. The number of carbonyl (C=O) groups excluding carboxylic acids is 1. The standard InChI is InChI=1S/C15H28N2O3/c1-10(2)5-4-6-11(3)17-13(18)9-16-14(15(19)20)12-7-8-12/h10-12,14,16H,4-9H2,1-3H3,(H,17,18)(H,19,20). The van der Waals surface area contributed by atoms with Crippen molar-refractivity contribution in [3.8, 4) is 0 Å². The number of hydrogen-bond donors (Lipinski definition) is 3. The molecule has 1 aliphatic carbocycles. The van der Waals surface area contributed by atoms with Crippen LogP contribution in [0.25, 0.3) is 0 Å². The quantitative estimate of drug-likeness (QED) is 0.571. The highest BCUT2D eigenvalue weighted by atomic mass is 16.4. The third kappa shape index (κ3) is 6.89. The van der Waals surface area contributed by atoms with Gasteiger partial charge in [-0.2, -0.15) is 0 Å². The second-order valence-electron chi connectivity index (χ2n) is 6.33. The summed E-state index contributed by atoms with van der Waals surface area (Å²) < 4.78 is 0. The molecule has 0 aromatic carbocycles. The Labute approximate surface area is 121 Å². The maximum Gasteiger partial charge on any atom is 0.320 e. The number of carboxylic acids is 1. The predicted octanol–water partition coefficient (Wildman–Crippen LogP) is 1.77. The minimum absolute atomic E-state index is 0.0853. The molecule has 2 unspecified atom stereocenters. The van der Waals surface area contributed by atoms with Gasteiger partial charge in [0.15, 0.2) is 0 Å². The van der Waals surface area contributed by atoms with E-state index in [9.17, 15) is 9.59 Å². The lowest BCUT2D eigenvalue weighted by Gasteiger charge is -2.17. The van der Waals surface area contributed by atoms with E-state index in [1.165, 1.54) is 6.42 Å². The summed E-state index contributed by atoms with van der Waals surface area (Å²) in [7, 11) is 0. The van der Waals surface area contributed by atoms with E-state index in [0.29, 0.717) is 5.92 Å². The summed E-state index contributed by atoms with van der Waals surface area (Å²) in [5.74, 6) is -0.0857. The summed E-state index contributed by atoms with van der Waals surface area (Å²) in [5, 5.41) is 14.8. The van der Waals surface area contributed by atoms with E-state index in [4.69, 9.17) is 5.11 Å². The van der Waals surface area contributed by atoms with Crippen LogP contribution in [0, 0.1) is 11.8 Å². The molecule has 116 valence electrons. The van der Waals surface area contributed by atoms with E-state index in [2.05, 4.69) is 24.5 Å². The molecule has 3 N–H and O–H groups in total. The first-order chi connectivity index (χ1) is 9.40. The maximum absolute atomic E-state index is 11.8. The van der Waals surface area contributed by atoms with Crippen molar-refractivity contribution in [3.63, 3.8) is 0 Å². The molecule has 0 aliphatic heterocycles. The van der Waals surface area contributed by atoms with Gasteiger partial charge in [-0.15, -0.1) is 0 Å². The first-order valence-electron chi connectivity index (χ1n) is 7.65. The minimum Gasteiger partial charge on any atom is -0.480 e. The second kappa shape index (κ2) is 8.25. The van der Waals surface area contributed by atoms with Crippen LogP contribution in [0.2, 0.25) is 0 Å². The molecule has 0 aromatic heterocycles. The van der Waals surface area contributed by atoms with Crippen molar-refractivity contribution in [2.24, 2.45) is 11.8 Å². The molecule has 2 atom stereocenters. The van der Waals surface area contributed by atoms with Gasteiger partial charge in [0.05, 0.1) is 6.54 Å². The predicted molar refractivity (Wildman–Crippen MR) is 78.4 cm³/mol. The lowest BCUT2D eigenvalue weighted by atomic mass is 10.0. The van der Waals surface area contributed by atoms with E-state index < -0.39 is 12.0 Å². The third-order valence-electron chi connectivity index (χ3n) is 3.67. The molecule has 5 nitrogen and oxygen atoms in total. The van der Waals surface area contributed by atoms with Gasteiger partial charge in [-0.25, -0.2) is 0 Å². The Morgan fingerprint density at radius 1 is 1.20 bits per heavy atom. The molecule has 0 saturated heterocycles. The second-order valence-corrected chi connectivity index (χ2v) is 6.33. The van der Waals surface area contributed by atoms with Crippen molar-refractivity contribution in [3.05, 3.63) is 0 Å². The monoisotopic (exact) mass is 284 g/mol. The Morgan fingerprint density at radius 3 is 2.35 bits per heavy atom. The van der Waals surface area contributed by atoms with Crippen molar-refractivity contribution in [1.29, 1.82) is 0 Å². The van der Waals surface area contributed by atoms with Crippen molar-refractivity contribution in [2.45, 2.75) is 65.0 Å². The summed E-state index contributed by atoms with van der Waals surface area (Å²) in [6.07, 6.45) is 5.12. The highest BCUT2D eigenvalue weighted by Crippen LogP contribution is 2.32. The van der Waals surface area contributed by atoms with Gasteiger partial charge in [-0.1, -0.05) is 26.7 Å². The SMILES string of the molecule is CC(C)CCCC(C)NC(=O)CNC(C(=O)O)C1CC1. The Balaban J connectivity index is 2.17. The highest BCUT2D eigenvalue weighted by Gasteiger charge is 2.36. The summed E-state index contributed by atoms with van der Waals surface area (Å²) in [6.45, 7) is 6.46. The van der Waals surface area contributed by atoms with Gasteiger partial charge in [-0.3, -0.25) is 14.9 Å². The number of amides is 1. The van der Waals surface area contributed by atoms with E-state index in [1.807, 2.05) is 6.92 Å². The Kier molecular flexibility index (Phi) is 6.99. The van der Waals surface area contributed by atoms with Crippen LogP contribution in [0.4, 0.5) is 0 Å². The zero-order valence-corrected chi connectivity index (χ0v) is 12.8. The number of nitrogens with one attached hydrogen (secondary N) is 2. The molecule has 1 aliphatic rings. The van der Waals surface area contributed by atoms with Crippen LogP contribution in [0.3, 0.4) is 0 Å². The van der Waals surface area contributed by atoms with Gasteiger partial charge >= 0.3 is 5.97 Å². The number of hydrogen-bond acceptors (Lipinski definition) is 3. The topological polar surface area (TPSA) is 78.4 Å². The van der Waals surface area contributed by atoms with Crippen molar-refractivity contribution in [2.75, 3.05) is 6.54 Å². The lowest BCUT2D eigenvalue weighted by molar-refractivity contribution is -0.140. The Morgan fingerprint density at radius 2 is 1.85 bits per heavy atom. The molecule has 1 amide bonds. The first-order valence-corrected chi connectivity index (χ1v) is 7.65. The van der Waals surface area contributed by atoms with Crippen LogP contribution < -0.4 is 10.6 Å². The molecule has 0 heterocycles. The molecule has 0 spiro atoms. The summed E-state index contributed by atoms with van der Waals surface area (Å²) in [5.41, 5.74) is 0. The molecule has 1 fully saturated rings. The zero-order valence-electron chi connectivity index (χ0n) is 12.8. The number of carbonyl (C=O) groups is 2. The number of carboxylic acid groups (broad SMARTS) is 1. The molecule has 5 heteroatoms. The molecule has 1 rings (SSSR count). The average molecular weight is 284 g/mol. The minimum atomic E-state index is -0.856. The largest absolute Gasteiger partial charge is 0.480 e. The van der Waals surface area contributed by atoms with Gasteiger partial charge in [0, 0.05) is 6.04 Å². The van der Waals surface area contributed by atoms with Gasteiger partial charge in [0.2, 0.25) is 5.91 Å². The Hall–Kier alpha value is -1.10. The van der Waals surface area contributed by atoms with Gasteiger partial charge in [-0.05, 0) is 38.0 Å². The lowest BCUT2D eigenvalue weighted by Crippen LogP contribution is -2.46. The zero-order chi connectivity index (χ0) is 15.1. The molecule has 0 bridgehead atoms. The normalized spacial score (nSPS) is 17.8. The van der Waals surface area contributed by atoms with Crippen LogP contribution in [-0.2, 0) is 9.59 Å². The fourth-order valence-corrected chi connectivity index (χ4v) is 2.32. The smallest absolute Gasteiger partial charge is 0.320 e. The van der Waals surface area contributed by atoms with Crippen LogP contribution in [0.1, 0.15) is 52.9 Å². The van der Waals surface area contributed by atoms with Gasteiger partial charge in [0.1, 0.15) is 6.04 Å². The van der Waals surface area contributed by atoms with Crippen LogP contribution in [0.15, 0.2) is 0 Å². The van der Waals surface area contributed by atoms with Crippen molar-refractivity contribution in [1.82, 2.24) is 10.6 Å². The van der Waals surface area contributed by atoms with Gasteiger partial charge < -0.3 is 10.4 Å². The molecule has 0 aromatic rings. The van der Waals surface area contributed by atoms with Crippen LogP contribution >= 0.6 is 0 Å². The van der Waals surface area contributed by atoms with E-state index in [1.54, 1.807) is 0 Å². The van der Waals surface area contributed by atoms with Crippen molar-refractivity contribution >= 4 is 11.9 Å². The fraction of sp³-hybridized carbons (Fsp3) is 0.867. The number of rotatable bonds is 10.